The summed E-state index contributed by atoms with van der Waals surface area (Å²) in [5.41, 5.74) is 2.81. The lowest BCUT2D eigenvalue weighted by molar-refractivity contribution is -0.117. The number of nitrogens with zero attached hydrogens (tertiary/aromatic N) is 1. The number of carbonyl (C=O) groups excluding carboxylic acids is 3. The largest absolute Gasteiger partial charge is 0.465 e. The molecule has 1 N–H and O–H groups in total. The Hall–Kier alpha value is -3.15. The molecule has 0 heterocycles. The zero-order chi connectivity index (χ0) is 21.6. The number of ether oxygens (including phenoxy) is 1. The van der Waals surface area contributed by atoms with Gasteiger partial charge in [-0.05, 0) is 41.3 Å². The second kappa shape index (κ2) is 9.37. The second-order valence-electron chi connectivity index (χ2n) is 7.84. The standard InChI is InChI=1S/C23H28N2O4/c1-16(26)25(20-11-9-18(10-12-20)23(2,3)4)14-13-21(27)24-19-8-6-7-17(15-19)22(28)29-5/h6-12,15H,13-14H2,1-5H3,(H,24,27). The van der Waals surface area contributed by atoms with E-state index in [4.69, 9.17) is 0 Å². The van der Waals surface area contributed by atoms with Crippen molar-refractivity contribution in [1.82, 2.24) is 0 Å². The van der Waals surface area contributed by atoms with Crippen molar-refractivity contribution in [3.8, 4) is 0 Å². The lowest BCUT2D eigenvalue weighted by Crippen LogP contribution is -2.32. The quantitative estimate of drug-likeness (QED) is 0.744. The van der Waals surface area contributed by atoms with Crippen molar-refractivity contribution in [2.75, 3.05) is 23.9 Å². The number of esters is 1. The first-order valence-corrected chi connectivity index (χ1v) is 9.48. The number of rotatable bonds is 6. The maximum atomic E-state index is 12.3. The molecule has 2 aromatic carbocycles. The Morgan fingerprint density at radius 2 is 1.69 bits per heavy atom. The maximum Gasteiger partial charge on any atom is 0.337 e. The average Bonchev–Trinajstić information content (AvgIpc) is 2.67. The van der Waals surface area contributed by atoms with Gasteiger partial charge in [-0.15, -0.1) is 0 Å². The van der Waals surface area contributed by atoms with Gasteiger partial charge < -0.3 is 15.0 Å². The minimum atomic E-state index is -0.470. The van der Waals surface area contributed by atoms with Crippen molar-refractivity contribution in [2.45, 2.75) is 39.5 Å². The molecule has 0 aliphatic rings. The van der Waals surface area contributed by atoms with Gasteiger partial charge in [0.2, 0.25) is 11.8 Å². The summed E-state index contributed by atoms with van der Waals surface area (Å²) < 4.78 is 4.68. The molecule has 0 radical (unpaired) electrons. The van der Waals surface area contributed by atoms with Crippen LogP contribution in [0.4, 0.5) is 11.4 Å². The van der Waals surface area contributed by atoms with Gasteiger partial charge in [0, 0.05) is 31.3 Å². The Balaban J connectivity index is 2.03. The Bertz CT molecular complexity index is 882. The molecule has 0 aromatic heterocycles. The summed E-state index contributed by atoms with van der Waals surface area (Å²) in [6, 6.07) is 14.3. The number of carbonyl (C=O) groups is 3. The van der Waals surface area contributed by atoms with Gasteiger partial charge in [-0.1, -0.05) is 39.0 Å². The molecule has 2 amide bonds. The lowest BCUT2D eigenvalue weighted by atomic mass is 9.87. The molecular weight excluding hydrogens is 368 g/mol. The van der Waals surface area contributed by atoms with Crippen molar-refractivity contribution in [1.29, 1.82) is 0 Å². The lowest BCUT2D eigenvalue weighted by Gasteiger charge is -2.23. The highest BCUT2D eigenvalue weighted by Gasteiger charge is 2.17. The van der Waals surface area contributed by atoms with E-state index in [9.17, 15) is 14.4 Å². The van der Waals surface area contributed by atoms with Crippen LogP contribution < -0.4 is 10.2 Å². The van der Waals surface area contributed by atoms with Gasteiger partial charge in [0.15, 0.2) is 0 Å². The molecule has 0 unspecified atom stereocenters. The molecule has 0 saturated heterocycles. The summed E-state index contributed by atoms with van der Waals surface area (Å²) >= 11 is 0. The van der Waals surface area contributed by atoms with Gasteiger partial charge in [-0.3, -0.25) is 9.59 Å². The first kappa shape index (κ1) is 22.1. The molecule has 154 valence electrons. The third-order valence-electron chi connectivity index (χ3n) is 4.56. The van der Waals surface area contributed by atoms with Crippen molar-refractivity contribution in [3.05, 3.63) is 59.7 Å². The van der Waals surface area contributed by atoms with Gasteiger partial charge in [-0.25, -0.2) is 4.79 Å². The molecule has 0 bridgehead atoms. The molecule has 29 heavy (non-hydrogen) atoms. The van der Waals surface area contributed by atoms with Crippen molar-refractivity contribution in [2.24, 2.45) is 0 Å². The van der Waals surface area contributed by atoms with Crippen LogP contribution in [-0.2, 0) is 19.7 Å². The van der Waals surface area contributed by atoms with Crippen LogP contribution in [-0.4, -0.2) is 31.4 Å². The predicted octanol–water partition coefficient (Wildman–Crippen LogP) is 4.15. The first-order chi connectivity index (χ1) is 13.6. The summed E-state index contributed by atoms with van der Waals surface area (Å²) in [5, 5.41) is 2.75. The van der Waals surface area contributed by atoms with E-state index in [0.717, 1.165) is 5.69 Å². The zero-order valence-electron chi connectivity index (χ0n) is 17.6. The van der Waals surface area contributed by atoms with E-state index in [1.807, 2.05) is 24.3 Å². The fourth-order valence-corrected chi connectivity index (χ4v) is 2.89. The first-order valence-electron chi connectivity index (χ1n) is 9.48. The van der Waals surface area contributed by atoms with Crippen LogP contribution in [0.2, 0.25) is 0 Å². The highest BCUT2D eigenvalue weighted by atomic mass is 16.5. The fourth-order valence-electron chi connectivity index (χ4n) is 2.89. The van der Waals surface area contributed by atoms with Gasteiger partial charge in [-0.2, -0.15) is 0 Å². The molecule has 0 atom stereocenters. The molecule has 2 aromatic rings. The topological polar surface area (TPSA) is 75.7 Å². The van der Waals surface area contributed by atoms with Crippen LogP contribution in [0.25, 0.3) is 0 Å². The van der Waals surface area contributed by atoms with Crippen LogP contribution in [0.15, 0.2) is 48.5 Å². The summed E-state index contributed by atoms with van der Waals surface area (Å²) in [4.78, 5) is 37.6. The van der Waals surface area contributed by atoms with Gasteiger partial charge >= 0.3 is 5.97 Å². The summed E-state index contributed by atoms with van der Waals surface area (Å²) in [6.45, 7) is 8.13. The second-order valence-corrected chi connectivity index (χ2v) is 7.84. The third kappa shape index (κ3) is 6.17. The summed E-state index contributed by atoms with van der Waals surface area (Å²) in [5.74, 6) is -0.846. The van der Waals surface area contributed by atoms with Crippen LogP contribution >= 0.6 is 0 Å². The Kier molecular flexibility index (Phi) is 7.15. The van der Waals surface area contributed by atoms with Crippen molar-refractivity contribution in [3.63, 3.8) is 0 Å². The van der Waals surface area contributed by atoms with Crippen LogP contribution in [0.3, 0.4) is 0 Å². The highest BCUT2D eigenvalue weighted by Crippen LogP contribution is 2.25. The SMILES string of the molecule is COC(=O)c1cccc(NC(=O)CCN(C(C)=O)c2ccc(C(C)(C)C)cc2)c1. The van der Waals surface area contributed by atoms with Crippen molar-refractivity contribution >= 4 is 29.2 Å². The molecular formula is C23H28N2O4. The van der Waals surface area contributed by atoms with Crippen molar-refractivity contribution < 1.29 is 19.1 Å². The Labute approximate surface area is 171 Å². The van der Waals surface area contributed by atoms with Gasteiger partial charge in [0.1, 0.15) is 0 Å². The average molecular weight is 396 g/mol. The fraction of sp³-hybridized carbons (Fsp3) is 0.348. The number of anilines is 2. The van der Waals surface area contributed by atoms with E-state index in [2.05, 4.69) is 30.8 Å². The van der Waals surface area contributed by atoms with Crippen LogP contribution in [0.1, 0.15) is 50.0 Å². The van der Waals surface area contributed by atoms with E-state index < -0.39 is 5.97 Å². The van der Waals surface area contributed by atoms with E-state index >= 15 is 0 Å². The van der Waals surface area contributed by atoms with Crippen LogP contribution in [0.5, 0.6) is 0 Å². The number of hydrogen-bond acceptors (Lipinski definition) is 4. The summed E-state index contributed by atoms with van der Waals surface area (Å²) in [6.07, 6.45) is 0.128. The molecule has 6 nitrogen and oxygen atoms in total. The maximum absolute atomic E-state index is 12.3. The number of nitrogens with one attached hydrogen (secondary N) is 1. The predicted molar refractivity (Wildman–Crippen MR) is 114 cm³/mol. The molecule has 6 heteroatoms. The minimum Gasteiger partial charge on any atom is -0.465 e. The molecule has 0 spiro atoms. The zero-order valence-corrected chi connectivity index (χ0v) is 17.6. The molecule has 0 aliphatic heterocycles. The smallest absolute Gasteiger partial charge is 0.337 e. The number of amides is 2. The summed E-state index contributed by atoms with van der Waals surface area (Å²) in [7, 11) is 1.30. The third-order valence-corrected chi connectivity index (χ3v) is 4.56. The van der Waals surface area contributed by atoms with Gasteiger partial charge in [0.25, 0.3) is 0 Å². The Morgan fingerprint density at radius 3 is 2.24 bits per heavy atom. The van der Waals surface area contributed by atoms with Gasteiger partial charge in [0.05, 0.1) is 12.7 Å². The molecule has 0 aliphatic carbocycles. The van der Waals surface area contributed by atoms with E-state index in [0.29, 0.717) is 11.3 Å². The Morgan fingerprint density at radius 1 is 1.03 bits per heavy atom. The number of methoxy groups -OCH3 is 1. The van der Waals surface area contributed by atoms with E-state index in [-0.39, 0.29) is 30.2 Å². The van der Waals surface area contributed by atoms with E-state index in [1.165, 1.54) is 19.6 Å². The monoisotopic (exact) mass is 396 g/mol. The number of hydrogen-bond donors (Lipinski definition) is 1. The molecule has 2 rings (SSSR count). The highest BCUT2D eigenvalue weighted by molar-refractivity contribution is 5.96. The normalized spacial score (nSPS) is 10.9. The van der Waals surface area contributed by atoms with Crippen LogP contribution in [0, 0.1) is 0 Å². The number of benzene rings is 2. The molecule has 0 saturated carbocycles. The van der Waals surface area contributed by atoms with E-state index in [1.54, 1.807) is 29.2 Å². The molecule has 0 fully saturated rings. The minimum absolute atomic E-state index is 0.0260.